The van der Waals surface area contributed by atoms with Gasteiger partial charge >= 0.3 is 0 Å². The third-order valence-corrected chi connectivity index (χ3v) is 3.46. The van der Waals surface area contributed by atoms with Crippen molar-refractivity contribution >= 4 is 23.4 Å². The molecule has 3 heterocycles. The van der Waals surface area contributed by atoms with Crippen molar-refractivity contribution in [3.05, 3.63) is 23.4 Å². The van der Waals surface area contributed by atoms with Gasteiger partial charge in [-0.25, -0.2) is 9.97 Å². The number of piperidine rings is 1. The predicted molar refractivity (Wildman–Crippen MR) is 72.0 cm³/mol. The summed E-state index contributed by atoms with van der Waals surface area (Å²) in [7, 11) is 0. The van der Waals surface area contributed by atoms with Crippen molar-refractivity contribution < 1.29 is 0 Å². The Bertz CT molecular complexity index is 536. The van der Waals surface area contributed by atoms with Crippen LogP contribution in [0.2, 0.25) is 5.15 Å². The number of nitrogens with one attached hydrogen (secondary N) is 1. The molecule has 0 spiro atoms. The van der Waals surface area contributed by atoms with Gasteiger partial charge in [0.2, 0.25) is 5.95 Å². The van der Waals surface area contributed by atoms with Gasteiger partial charge in [0.05, 0.1) is 0 Å². The third kappa shape index (κ3) is 2.60. The topological polar surface area (TPSA) is 96.6 Å². The molecule has 1 atom stereocenters. The minimum absolute atomic E-state index is 0.198. The number of aromatic amines is 1. The monoisotopic (exact) mass is 279 g/mol. The van der Waals surface area contributed by atoms with Gasteiger partial charge in [-0.3, -0.25) is 5.10 Å². The Morgan fingerprint density at radius 2 is 2.32 bits per heavy atom. The van der Waals surface area contributed by atoms with Crippen LogP contribution in [-0.4, -0.2) is 38.2 Å². The van der Waals surface area contributed by atoms with Crippen molar-refractivity contribution in [1.82, 2.24) is 25.1 Å². The number of anilines is 2. The Hall–Kier alpha value is -1.89. The second-order valence-electron chi connectivity index (χ2n) is 4.56. The van der Waals surface area contributed by atoms with Crippen molar-refractivity contribution in [3.8, 4) is 0 Å². The van der Waals surface area contributed by atoms with Gasteiger partial charge in [-0.15, -0.1) is 0 Å². The molecule has 100 valence electrons. The van der Waals surface area contributed by atoms with E-state index >= 15 is 0 Å². The number of aromatic nitrogens is 5. The summed E-state index contributed by atoms with van der Waals surface area (Å²) in [5.74, 6) is 2.20. The minimum Gasteiger partial charge on any atom is -0.368 e. The highest BCUT2D eigenvalue weighted by atomic mass is 35.5. The largest absolute Gasteiger partial charge is 0.368 e. The van der Waals surface area contributed by atoms with Crippen LogP contribution < -0.4 is 10.6 Å². The molecule has 1 aliphatic rings. The summed E-state index contributed by atoms with van der Waals surface area (Å²) in [6.45, 7) is 1.75. The van der Waals surface area contributed by atoms with Gasteiger partial charge in [0.25, 0.3) is 0 Å². The number of rotatable bonds is 2. The smallest absolute Gasteiger partial charge is 0.223 e. The highest BCUT2D eigenvalue weighted by Gasteiger charge is 2.24. The molecule has 0 aromatic carbocycles. The molecule has 1 saturated heterocycles. The molecule has 8 heteroatoms. The Morgan fingerprint density at radius 3 is 3.05 bits per heavy atom. The number of H-pyrrole nitrogens is 1. The van der Waals surface area contributed by atoms with Gasteiger partial charge < -0.3 is 10.6 Å². The lowest BCUT2D eigenvalue weighted by molar-refractivity contribution is 0.490. The van der Waals surface area contributed by atoms with Crippen LogP contribution in [0.4, 0.5) is 11.8 Å². The maximum Gasteiger partial charge on any atom is 0.223 e. The van der Waals surface area contributed by atoms with Crippen LogP contribution in [0.5, 0.6) is 0 Å². The van der Waals surface area contributed by atoms with Crippen molar-refractivity contribution in [3.63, 3.8) is 0 Å². The molecule has 0 aliphatic carbocycles. The summed E-state index contributed by atoms with van der Waals surface area (Å²) in [6, 6.07) is 1.74. The molecule has 2 aromatic heterocycles. The Balaban J connectivity index is 1.81. The first-order valence-corrected chi connectivity index (χ1v) is 6.50. The molecule has 7 nitrogen and oxygen atoms in total. The molecular formula is C11H14ClN7. The van der Waals surface area contributed by atoms with Crippen LogP contribution in [0.25, 0.3) is 0 Å². The zero-order valence-corrected chi connectivity index (χ0v) is 11.0. The van der Waals surface area contributed by atoms with Gasteiger partial charge in [-0.1, -0.05) is 11.6 Å². The van der Waals surface area contributed by atoms with Crippen molar-refractivity contribution in [2.45, 2.75) is 18.8 Å². The summed E-state index contributed by atoms with van der Waals surface area (Å²) in [6.07, 6.45) is 3.68. The van der Waals surface area contributed by atoms with Gasteiger partial charge in [0, 0.05) is 25.1 Å². The van der Waals surface area contributed by atoms with E-state index in [1.54, 1.807) is 6.07 Å². The summed E-state index contributed by atoms with van der Waals surface area (Å²) in [5.41, 5.74) is 5.63. The van der Waals surface area contributed by atoms with Crippen molar-refractivity contribution in [1.29, 1.82) is 0 Å². The molecule has 3 N–H and O–H groups in total. The van der Waals surface area contributed by atoms with E-state index in [2.05, 4.69) is 30.0 Å². The fourth-order valence-corrected chi connectivity index (χ4v) is 2.59. The van der Waals surface area contributed by atoms with E-state index in [9.17, 15) is 0 Å². The number of halogens is 1. The molecular weight excluding hydrogens is 266 g/mol. The molecule has 19 heavy (non-hydrogen) atoms. The number of nitrogens with zero attached hydrogens (tertiary/aromatic N) is 5. The molecule has 2 aromatic rings. The number of nitrogens with two attached hydrogens (primary N) is 1. The Labute approximate surface area is 115 Å². The quantitative estimate of drug-likeness (QED) is 0.802. The van der Waals surface area contributed by atoms with E-state index in [1.807, 2.05) is 0 Å². The molecule has 1 aliphatic heterocycles. The maximum atomic E-state index is 5.92. The molecule has 0 saturated carbocycles. The minimum atomic E-state index is 0.198. The molecule has 3 rings (SSSR count). The second kappa shape index (κ2) is 5.00. The fourth-order valence-electron chi connectivity index (χ4n) is 2.40. The van der Waals surface area contributed by atoms with Gasteiger partial charge in [0.15, 0.2) is 0 Å². The summed E-state index contributed by atoms with van der Waals surface area (Å²) < 4.78 is 0. The Morgan fingerprint density at radius 1 is 1.42 bits per heavy atom. The summed E-state index contributed by atoms with van der Waals surface area (Å²) >= 11 is 5.92. The average molecular weight is 280 g/mol. The van der Waals surface area contributed by atoms with E-state index in [4.69, 9.17) is 17.3 Å². The average Bonchev–Trinajstić information content (AvgIpc) is 2.92. The normalized spacial score (nSPS) is 19.6. The van der Waals surface area contributed by atoms with E-state index in [-0.39, 0.29) is 5.95 Å². The zero-order valence-electron chi connectivity index (χ0n) is 10.3. The van der Waals surface area contributed by atoms with Crippen LogP contribution in [0, 0.1) is 0 Å². The SMILES string of the molecule is Nc1nc(Cl)cc(N2CCCC(c3ncn[nH]3)C2)n1. The Kier molecular flexibility index (Phi) is 3.20. The van der Waals surface area contributed by atoms with E-state index in [1.165, 1.54) is 6.33 Å². The standard InChI is InChI=1S/C11H14ClN7/c12-8-4-9(17-11(13)16-8)19-3-1-2-7(5-19)10-14-6-15-18-10/h4,6-7H,1-3,5H2,(H2,13,16,17)(H,14,15,18). The molecule has 1 fully saturated rings. The lowest BCUT2D eigenvalue weighted by Crippen LogP contribution is -2.35. The van der Waals surface area contributed by atoms with Crippen LogP contribution in [-0.2, 0) is 0 Å². The van der Waals surface area contributed by atoms with Crippen LogP contribution in [0.3, 0.4) is 0 Å². The van der Waals surface area contributed by atoms with E-state index in [0.29, 0.717) is 11.1 Å². The maximum absolute atomic E-state index is 5.92. The molecule has 1 unspecified atom stereocenters. The highest BCUT2D eigenvalue weighted by molar-refractivity contribution is 6.29. The second-order valence-corrected chi connectivity index (χ2v) is 4.95. The first-order valence-electron chi connectivity index (χ1n) is 6.12. The lowest BCUT2D eigenvalue weighted by atomic mass is 9.97. The van der Waals surface area contributed by atoms with Crippen LogP contribution >= 0.6 is 11.6 Å². The zero-order chi connectivity index (χ0) is 13.2. The first-order chi connectivity index (χ1) is 9.22. The van der Waals surface area contributed by atoms with Gasteiger partial charge in [-0.05, 0) is 12.8 Å². The number of nitrogen functional groups attached to an aromatic ring is 1. The van der Waals surface area contributed by atoms with Crippen LogP contribution in [0.1, 0.15) is 24.6 Å². The fraction of sp³-hybridized carbons (Fsp3) is 0.455. The van der Waals surface area contributed by atoms with Gasteiger partial charge in [0.1, 0.15) is 23.1 Å². The predicted octanol–water partition coefficient (Wildman–Crippen LogP) is 1.21. The first kappa shape index (κ1) is 12.2. The summed E-state index contributed by atoms with van der Waals surface area (Å²) in [4.78, 5) is 14.5. The highest BCUT2D eigenvalue weighted by Crippen LogP contribution is 2.28. The lowest BCUT2D eigenvalue weighted by Gasteiger charge is -2.32. The summed E-state index contributed by atoms with van der Waals surface area (Å²) in [5, 5.41) is 7.20. The van der Waals surface area contributed by atoms with Crippen molar-refractivity contribution in [2.75, 3.05) is 23.7 Å². The van der Waals surface area contributed by atoms with E-state index in [0.717, 1.165) is 37.6 Å². The number of hydrogen-bond acceptors (Lipinski definition) is 6. The van der Waals surface area contributed by atoms with Crippen LogP contribution in [0.15, 0.2) is 12.4 Å². The van der Waals surface area contributed by atoms with Gasteiger partial charge in [-0.2, -0.15) is 10.1 Å². The molecule has 0 bridgehead atoms. The molecule has 0 amide bonds. The van der Waals surface area contributed by atoms with E-state index < -0.39 is 0 Å². The van der Waals surface area contributed by atoms with Crippen molar-refractivity contribution in [2.24, 2.45) is 0 Å². The molecule has 0 radical (unpaired) electrons. The number of hydrogen-bond donors (Lipinski definition) is 2. The third-order valence-electron chi connectivity index (χ3n) is 3.26.